The number of nitrogens with one attached hydrogen (secondary N) is 1. The summed E-state index contributed by atoms with van der Waals surface area (Å²) in [5.41, 5.74) is 7.23. The molecule has 5 nitrogen and oxygen atoms in total. The number of aromatic nitrogens is 3. The van der Waals surface area contributed by atoms with Gasteiger partial charge in [0.25, 0.3) is 0 Å². The molecular formula is C17H14BrClFN5. The molecule has 0 saturated carbocycles. The van der Waals surface area contributed by atoms with Gasteiger partial charge in [-0.15, -0.1) is 5.10 Å². The zero-order valence-electron chi connectivity index (χ0n) is 13.0. The van der Waals surface area contributed by atoms with E-state index in [2.05, 4.69) is 31.3 Å². The summed E-state index contributed by atoms with van der Waals surface area (Å²) in [7, 11) is 0. The Bertz CT molecular complexity index is 907. The van der Waals surface area contributed by atoms with Gasteiger partial charge in [0.1, 0.15) is 5.82 Å². The van der Waals surface area contributed by atoms with E-state index in [4.69, 9.17) is 17.3 Å². The maximum absolute atomic E-state index is 14.5. The van der Waals surface area contributed by atoms with Gasteiger partial charge in [0.05, 0.1) is 12.1 Å². The van der Waals surface area contributed by atoms with Crippen molar-refractivity contribution in [1.82, 2.24) is 14.8 Å². The fourth-order valence-corrected chi connectivity index (χ4v) is 3.73. The highest BCUT2D eigenvalue weighted by Gasteiger charge is 2.33. The van der Waals surface area contributed by atoms with Crippen molar-refractivity contribution in [3.05, 3.63) is 68.9 Å². The molecule has 0 spiro atoms. The minimum Gasteiger partial charge on any atom is -0.366 e. The third-order valence-corrected chi connectivity index (χ3v) is 5.17. The number of nitrogen functional groups attached to an aromatic ring is 1. The van der Waals surface area contributed by atoms with Crippen molar-refractivity contribution < 1.29 is 4.39 Å². The Balaban J connectivity index is 1.81. The Morgan fingerprint density at radius 1 is 1.24 bits per heavy atom. The lowest BCUT2D eigenvalue weighted by molar-refractivity contribution is 0.416. The molecule has 25 heavy (non-hydrogen) atoms. The van der Waals surface area contributed by atoms with Crippen LogP contribution in [-0.2, 0) is 0 Å². The highest BCUT2D eigenvalue weighted by molar-refractivity contribution is 9.10. The molecule has 1 aliphatic heterocycles. The zero-order chi connectivity index (χ0) is 17.6. The van der Waals surface area contributed by atoms with Crippen LogP contribution in [0, 0.1) is 5.82 Å². The summed E-state index contributed by atoms with van der Waals surface area (Å²) in [5, 5.41) is 7.90. The van der Waals surface area contributed by atoms with Crippen molar-refractivity contribution in [2.45, 2.75) is 18.5 Å². The Kier molecular flexibility index (Phi) is 4.13. The van der Waals surface area contributed by atoms with Crippen LogP contribution in [0.2, 0.25) is 5.02 Å². The van der Waals surface area contributed by atoms with E-state index in [9.17, 15) is 4.39 Å². The number of anilines is 2. The molecule has 2 heterocycles. The number of fused-ring (bicyclic) bond motifs is 1. The van der Waals surface area contributed by atoms with Crippen molar-refractivity contribution >= 4 is 39.4 Å². The van der Waals surface area contributed by atoms with E-state index in [1.807, 2.05) is 24.3 Å². The van der Waals surface area contributed by atoms with Crippen molar-refractivity contribution in [3.8, 4) is 0 Å². The van der Waals surface area contributed by atoms with E-state index in [-0.39, 0.29) is 17.8 Å². The lowest BCUT2D eigenvalue weighted by Gasteiger charge is -2.32. The average Bonchev–Trinajstić information content (AvgIpc) is 2.95. The second kappa shape index (κ2) is 6.31. The summed E-state index contributed by atoms with van der Waals surface area (Å²) in [6.07, 6.45) is 0.568. The van der Waals surface area contributed by atoms with Crippen LogP contribution in [0.15, 0.2) is 46.9 Å². The van der Waals surface area contributed by atoms with Crippen LogP contribution < -0.4 is 11.1 Å². The van der Waals surface area contributed by atoms with E-state index in [0.29, 0.717) is 23.0 Å². The van der Waals surface area contributed by atoms with Gasteiger partial charge in [-0.3, -0.25) is 0 Å². The molecule has 1 aliphatic rings. The van der Waals surface area contributed by atoms with E-state index in [1.165, 1.54) is 6.07 Å². The highest BCUT2D eigenvalue weighted by Crippen LogP contribution is 2.41. The molecule has 128 valence electrons. The van der Waals surface area contributed by atoms with Crippen molar-refractivity contribution in [1.29, 1.82) is 0 Å². The van der Waals surface area contributed by atoms with E-state index < -0.39 is 6.04 Å². The molecule has 4 rings (SSSR count). The second-order valence-electron chi connectivity index (χ2n) is 5.87. The van der Waals surface area contributed by atoms with Crippen LogP contribution >= 0.6 is 27.5 Å². The number of benzene rings is 2. The standard InChI is InChI=1S/C17H14BrClFN5/c18-10-6-4-9(5-7-10)13-8-14(15-11(19)2-1-3-12(15)20)25-17(22-13)23-16(21)24-25/h1-7,13-14H,8H2,(H3,21,22,23,24)/t13-,14-/m0/s1. The van der Waals surface area contributed by atoms with E-state index >= 15 is 0 Å². The molecule has 0 fully saturated rings. The molecule has 0 saturated heterocycles. The maximum Gasteiger partial charge on any atom is 0.241 e. The summed E-state index contributed by atoms with van der Waals surface area (Å²) < 4.78 is 17.1. The van der Waals surface area contributed by atoms with Gasteiger partial charge >= 0.3 is 0 Å². The molecule has 0 unspecified atom stereocenters. The maximum atomic E-state index is 14.5. The fourth-order valence-electron chi connectivity index (χ4n) is 3.18. The minimum absolute atomic E-state index is 0.0649. The molecule has 2 aromatic carbocycles. The van der Waals surface area contributed by atoms with Crippen LogP contribution in [-0.4, -0.2) is 14.8 Å². The van der Waals surface area contributed by atoms with Gasteiger partial charge < -0.3 is 11.1 Å². The third-order valence-electron chi connectivity index (χ3n) is 4.31. The van der Waals surface area contributed by atoms with E-state index in [0.717, 1.165) is 10.0 Å². The Morgan fingerprint density at radius 2 is 2.00 bits per heavy atom. The van der Waals surface area contributed by atoms with E-state index in [1.54, 1.807) is 16.8 Å². The molecule has 8 heteroatoms. The topological polar surface area (TPSA) is 68.8 Å². The van der Waals surface area contributed by atoms with Crippen LogP contribution in [0.3, 0.4) is 0 Å². The first kappa shape index (κ1) is 16.4. The van der Waals surface area contributed by atoms with Gasteiger partial charge in [-0.1, -0.05) is 45.7 Å². The number of hydrogen-bond donors (Lipinski definition) is 2. The van der Waals surface area contributed by atoms with Crippen LogP contribution in [0.5, 0.6) is 0 Å². The van der Waals surface area contributed by atoms with Crippen molar-refractivity contribution in [3.63, 3.8) is 0 Å². The molecule has 3 aromatic rings. The quantitative estimate of drug-likeness (QED) is 0.635. The summed E-state index contributed by atoms with van der Waals surface area (Å²) in [5.74, 6) is 0.270. The lowest BCUT2D eigenvalue weighted by Crippen LogP contribution is -2.28. The van der Waals surface area contributed by atoms with Crippen LogP contribution in [0.25, 0.3) is 0 Å². The molecule has 3 N–H and O–H groups in total. The number of hydrogen-bond acceptors (Lipinski definition) is 4. The lowest BCUT2D eigenvalue weighted by atomic mass is 9.93. The smallest absolute Gasteiger partial charge is 0.241 e. The SMILES string of the molecule is Nc1nc2n(n1)[C@H](c1c(F)cccc1Cl)C[C@@H](c1ccc(Br)cc1)N2. The zero-order valence-corrected chi connectivity index (χ0v) is 15.3. The Labute approximate surface area is 157 Å². The summed E-state index contributed by atoms with van der Waals surface area (Å²) >= 11 is 9.73. The Morgan fingerprint density at radius 3 is 2.72 bits per heavy atom. The first-order valence-corrected chi connectivity index (χ1v) is 8.88. The highest BCUT2D eigenvalue weighted by atomic mass is 79.9. The number of nitrogens with zero attached hydrogens (tertiary/aromatic N) is 3. The summed E-state index contributed by atoms with van der Waals surface area (Å²) in [6.45, 7) is 0. The molecular weight excluding hydrogens is 409 g/mol. The van der Waals surface area contributed by atoms with Gasteiger partial charge in [0.15, 0.2) is 0 Å². The number of halogens is 3. The molecule has 1 aromatic heterocycles. The van der Waals surface area contributed by atoms with Gasteiger partial charge in [0, 0.05) is 15.1 Å². The van der Waals surface area contributed by atoms with Gasteiger partial charge in [-0.2, -0.15) is 4.98 Å². The van der Waals surface area contributed by atoms with Crippen molar-refractivity contribution in [2.75, 3.05) is 11.1 Å². The number of nitrogens with two attached hydrogens (primary N) is 1. The predicted octanol–water partition coefficient (Wildman–Crippen LogP) is 4.56. The molecule has 0 bridgehead atoms. The van der Waals surface area contributed by atoms with Crippen LogP contribution in [0.1, 0.15) is 29.6 Å². The molecule has 0 radical (unpaired) electrons. The predicted molar refractivity (Wildman–Crippen MR) is 99.1 cm³/mol. The minimum atomic E-state index is -0.400. The summed E-state index contributed by atoms with van der Waals surface area (Å²) in [6, 6.07) is 12.2. The second-order valence-corrected chi connectivity index (χ2v) is 7.20. The van der Waals surface area contributed by atoms with Gasteiger partial charge in [-0.05, 0) is 36.2 Å². The van der Waals surface area contributed by atoms with Gasteiger partial charge in [0.2, 0.25) is 11.9 Å². The molecule has 2 atom stereocenters. The monoisotopic (exact) mass is 421 g/mol. The van der Waals surface area contributed by atoms with Crippen molar-refractivity contribution in [2.24, 2.45) is 0 Å². The first-order valence-electron chi connectivity index (χ1n) is 7.71. The normalized spacial score (nSPS) is 19.3. The third kappa shape index (κ3) is 2.98. The molecule has 0 aliphatic carbocycles. The Hall–Kier alpha value is -2.12. The van der Waals surface area contributed by atoms with Gasteiger partial charge in [-0.25, -0.2) is 9.07 Å². The first-order chi connectivity index (χ1) is 12.0. The average molecular weight is 423 g/mol. The largest absolute Gasteiger partial charge is 0.366 e. The van der Waals surface area contributed by atoms with Crippen LogP contribution in [0.4, 0.5) is 16.3 Å². The fraction of sp³-hybridized carbons (Fsp3) is 0.176. The summed E-state index contributed by atoms with van der Waals surface area (Å²) in [4.78, 5) is 4.22. The number of rotatable bonds is 2. The molecule has 0 amide bonds.